The van der Waals surface area contributed by atoms with Crippen LogP contribution < -0.4 is 9.80 Å². The average molecular weight is 384 g/mol. The van der Waals surface area contributed by atoms with Gasteiger partial charge in [0.15, 0.2) is 0 Å². The van der Waals surface area contributed by atoms with Crippen LogP contribution in [0.2, 0.25) is 0 Å². The standard InChI is InChI=1S/C14H14FIN4/c15-11-1-3-13(4-2-11)19-5-7-20(8-6-19)14-17-9-12(16)10-18-14/h1-4,9-10H,5-8H2. The average Bonchev–Trinajstić information content (AvgIpc) is 2.49. The van der Waals surface area contributed by atoms with Crippen LogP contribution in [0.5, 0.6) is 0 Å². The van der Waals surface area contributed by atoms with Gasteiger partial charge in [-0.25, -0.2) is 14.4 Å². The summed E-state index contributed by atoms with van der Waals surface area (Å²) in [5.74, 6) is 0.587. The largest absolute Gasteiger partial charge is 0.368 e. The molecular formula is C14H14FIN4. The van der Waals surface area contributed by atoms with Crippen molar-refractivity contribution >= 4 is 34.2 Å². The van der Waals surface area contributed by atoms with Gasteiger partial charge in [0.1, 0.15) is 5.82 Å². The van der Waals surface area contributed by atoms with Gasteiger partial charge in [-0.15, -0.1) is 0 Å². The second-order valence-corrected chi connectivity index (χ2v) is 5.90. The molecule has 0 radical (unpaired) electrons. The van der Waals surface area contributed by atoms with E-state index in [1.54, 1.807) is 0 Å². The summed E-state index contributed by atoms with van der Waals surface area (Å²) >= 11 is 2.20. The highest BCUT2D eigenvalue weighted by atomic mass is 127. The van der Waals surface area contributed by atoms with Gasteiger partial charge in [-0.05, 0) is 46.9 Å². The number of hydrogen-bond acceptors (Lipinski definition) is 4. The summed E-state index contributed by atoms with van der Waals surface area (Å²) in [5, 5.41) is 0. The Kier molecular flexibility index (Phi) is 4.00. The molecule has 1 fully saturated rings. The Morgan fingerprint density at radius 3 is 2.05 bits per heavy atom. The van der Waals surface area contributed by atoms with E-state index in [9.17, 15) is 4.39 Å². The molecule has 0 spiro atoms. The Balaban J connectivity index is 1.64. The Morgan fingerprint density at radius 2 is 1.45 bits per heavy atom. The lowest BCUT2D eigenvalue weighted by Crippen LogP contribution is -2.47. The third-order valence-electron chi connectivity index (χ3n) is 3.36. The zero-order valence-electron chi connectivity index (χ0n) is 10.8. The predicted molar refractivity (Wildman–Crippen MR) is 85.6 cm³/mol. The lowest BCUT2D eigenvalue weighted by molar-refractivity contribution is 0.623. The highest BCUT2D eigenvalue weighted by Gasteiger charge is 2.19. The summed E-state index contributed by atoms with van der Waals surface area (Å²) in [6.07, 6.45) is 3.66. The second-order valence-electron chi connectivity index (χ2n) is 4.65. The van der Waals surface area contributed by atoms with Gasteiger partial charge in [-0.3, -0.25) is 0 Å². The van der Waals surface area contributed by atoms with Crippen LogP contribution >= 0.6 is 22.6 Å². The van der Waals surface area contributed by atoms with Crippen LogP contribution in [-0.2, 0) is 0 Å². The molecule has 0 aliphatic carbocycles. The zero-order valence-corrected chi connectivity index (χ0v) is 13.0. The molecule has 0 saturated carbocycles. The summed E-state index contributed by atoms with van der Waals surface area (Å²) in [4.78, 5) is 13.1. The molecule has 3 rings (SSSR count). The molecule has 0 atom stereocenters. The van der Waals surface area contributed by atoms with Crippen molar-refractivity contribution in [3.63, 3.8) is 0 Å². The van der Waals surface area contributed by atoms with Crippen LogP contribution in [-0.4, -0.2) is 36.1 Å². The first-order valence-electron chi connectivity index (χ1n) is 6.45. The number of piperazine rings is 1. The third-order valence-corrected chi connectivity index (χ3v) is 3.92. The summed E-state index contributed by atoms with van der Waals surface area (Å²) in [7, 11) is 0. The molecule has 2 aromatic rings. The molecule has 1 aromatic heterocycles. The summed E-state index contributed by atoms with van der Waals surface area (Å²) in [6.45, 7) is 3.53. The first kappa shape index (κ1) is 13.5. The van der Waals surface area contributed by atoms with Crippen LogP contribution in [0.1, 0.15) is 0 Å². The molecule has 1 aromatic carbocycles. The number of nitrogens with zero attached hydrogens (tertiary/aromatic N) is 4. The third kappa shape index (κ3) is 3.00. The van der Waals surface area contributed by atoms with E-state index in [-0.39, 0.29) is 5.82 Å². The molecule has 0 amide bonds. The minimum absolute atomic E-state index is 0.195. The van der Waals surface area contributed by atoms with Crippen molar-refractivity contribution in [3.8, 4) is 0 Å². The van der Waals surface area contributed by atoms with Gasteiger partial charge in [0, 0.05) is 47.8 Å². The van der Waals surface area contributed by atoms with Crippen LogP contribution in [0.15, 0.2) is 36.7 Å². The monoisotopic (exact) mass is 384 g/mol. The maximum absolute atomic E-state index is 12.9. The van der Waals surface area contributed by atoms with Gasteiger partial charge in [-0.1, -0.05) is 0 Å². The Hall–Kier alpha value is -1.44. The number of benzene rings is 1. The van der Waals surface area contributed by atoms with E-state index >= 15 is 0 Å². The molecule has 0 bridgehead atoms. The number of rotatable bonds is 2. The molecule has 104 valence electrons. The van der Waals surface area contributed by atoms with Gasteiger partial charge >= 0.3 is 0 Å². The van der Waals surface area contributed by atoms with Crippen molar-refractivity contribution in [2.24, 2.45) is 0 Å². The molecule has 0 unspecified atom stereocenters. The van der Waals surface area contributed by atoms with E-state index in [0.717, 1.165) is 41.4 Å². The Bertz CT molecular complexity index is 511. The lowest BCUT2D eigenvalue weighted by Gasteiger charge is -2.36. The van der Waals surface area contributed by atoms with Crippen molar-refractivity contribution < 1.29 is 4.39 Å². The molecule has 1 aliphatic heterocycles. The van der Waals surface area contributed by atoms with Gasteiger partial charge in [0.2, 0.25) is 5.95 Å². The summed E-state index contributed by atoms with van der Waals surface area (Å²) in [5.41, 5.74) is 1.06. The van der Waals surface area contributed by atoms with E-state index in [2.05, 4.69) is 42.4 Å². The SMILES string of the molecule is Fc1ccc(N2CCN(c3ncc(I)cn3)CC2)cc1. The predicted octanol–water partition coefficient (Wildman–Crippen LogP) is 2.55. The quantitative estimate of drug-likeness (QED) is 0.746. The molecule has 4 nitrogen and oxygen atoms in total. The minimum atomic E-state index is -0.195. The number of anilines is 2. The van der Waals surface area contributed by atoms with Crippen LogP contribution in [0.25, 0.3) is 0 Å². The van der Waals surface area contributed by atoms with E-state index in [0.29, 0.717) is 0 Å². The fourth-order valence-corrected chi connectivity index (χ4v) is 2.56. The van der Waals surface area contributed by atoms with Crippen molar-refractivity contribution in [2.75, 3.05) is 36.0 Å². The number of aromatic nitrogens is 2. The Labute approximate surface area is 130 Å². The normalized spacial score (nSPS) is 15.5. The van der Waals surface area contributed by atoms with E-state index in [4.69, 9.17) is 0 Å². The van der Waals surface area contributed by atoms with Crippen molar-refractivity contribution in [3.05, 3.63) is 46.0 Å². The van der Waals surface area contributed by atoms with E-state index < -0.39 is 0 Å². The van der Waals surface area contributed by atoms with E-state index in [1.807, 2.05) is 24.5 Å². The molecule has 6 heteroatoms. The summed E-state index contributed by atoms with van der Waals surface area (Å²) < 4.78 is 14.0. The molecular weight excluding hydrogens is 370 g/mol. The van der Waals surface area contributed by atoms with Crippen LogP contribution in [0, 0.1) is 9.39 Å². The minimum Gasteiger partial charge on any atom is -0.368 e. The van der Waals surface area contributed by atoms with Crippen molar-refractivity contribution in [2.45, 2.75) is 0 Å². The Morgan fingerprint density at radius 1 is 0.900 bits per heavy atom. The van der Waals surface area contributed by atoms with Crippen molar-refractivity contribution in [1.82, 2.24) is 9.97 Å². The first-order chi connectivity index (χ1) is 9.72. The van der Waals surface area contributed by atoms with Gasteiger partial charge in [-0.2, -0.15) is 0 Å². The van der Waals surface area contributed by atoms with Gasteiger partial charge in [0.05, 0.1) is 0 Å². The molecule has 0 N–H and O–H groups in total. The molecule has 1 saturated heterocycles. The molecule has 2 heterocycles. The smallest absolute Gasteiger partial charge is 0.225 e. The van der Waals surface area contributed by atoms with E-state index in [1.165, 1.54) is 12.1 Å². The zero-order chi connectivity index (χ0) is 13.9. The second kappa shape index (κ2) is 5.90. The first-order valence-corrected chi connectivity index (χ1v) is 7.53. The summed E-state index contributed by atoms with van der Waals surface area (Å²) in [6, 6.07) is 6.66. The van der Waals surface area contributed by atoms with Gasteiger partial charge in [0.25, 0.3) is 0 Å². The molecule has 20 heavy (non-hydrogen) atoms. The topological polar surface area (TPSA) is 32.3 Å². The molecule has 1 aliphatic rings. The number of halogens is 2. The fraction of sp³-hybridized carbons (Fsp3) is 0.286. The van der Waals surface area contributed by atoms with Crippen LogP contribution in [0.3, 0.4) is 0 Å². The lowest BCUT2D eigenvalue weighted by atomic mass is 10.2. The maximum atomic E-state index is 12.9. The highest BCUT2D eigenvalue weighted by Crippen LogP contribution is 2.18. The number of hydrogen-bond donors (Lipinski definition) is 0. The maximum Gasteiger partial charge on any atom is 0.225 e. The van der Waals surface area contributed by atoms with Crippen molar-refractivity contribution in [1.29, 1.82) is 0 Å². The highest BCUT2D eigenvalue weighted by molar-refractivity contribution is 14.1. The van der Waals surface area contributed by atoms with Gasteiger partial charge < -0.3 is 9.80 Å². The van der Waals surface area contributed by atoms with Crippen LogP contribution in [0.4, 0.5) is 16.0 Å². The fourth-order valence-electron chi connectivity index (χ4n) is 2.29.